The molecule has 0 bridgehead atoms. The van der Waals surface area contributed by atoms with Gasteiger partial charge >= 0.3 is 0 Å². The summed E-state index contributed by atoms with van der Waals surface area (Å²) in [4.78, 5) is 2.48. The Labute approximate surface area is 198 Å². The van der Waals surface area contributed by atoms with Crippen LogP contribution in [0.4, 0.5) is 5.69 Å². The van der Waals surface area contributed by atoms with Crippen LogP contribution in [-0.4, -0.2) is 13.1 Å². The number of fused-ring (bicyclic) bond motifs is 1. The Morgan fingerprint density at radius 2 is 1.17 bits per heavy atom. The van der Waals surface area contributed by atoms with Crippen LogP contribution in [0.1, 0.15) is 19.4 Å². The summed E-state index contributed by atoms with van der Waals surface area (Å²) in [6.07, 6.45) is 1.09. The van der Waals surface area contributed by atoms with E-state index in [-0.39, 0.29) is 24.0 Å². The van der Waals surface area contributed by atoms with E-state index in [0.29, 0.717) is 0 Å². The molecule has 0 radical (unpaired) electrons. The Hall–Kier alpha value is -1.90. The molecule has 0 saturated carbocycles. The van der Waals surface area contributed by atoms with Crippen LogP contribution in [0.3, 0.4) is 0 Å². The van der Waals surface area contributed by atoms with Crippen molar-refractivity contribution in [3.63, 3.8) is 0 Å². The molecule has 0 N–H and O–H groups in total. The Morgan fingerprint density at radius 1 is 0.633 bits per heavy atom. The number of nitrogens with zero attached hydrogens (tertiary/aromatic N) is 1. The smallest absolute Gasteiger partial charge is 0.0970 e. The normalized spacial score (nSPS) is 10.8. The lowest BCUT2D eigenvalue weighted by Gasteiger charge is -2.24. The Bertz CT molecular complexity index is 1020. The van der Waals surface area contributed by atoms with Crippen molar-refractivity contribution in [3.8, 4) is 0 Å². The molecule has 0 spiro atoms. The summed E-state index contributed by atoms with van der Waals surface area (Å²) < 4.78 is 0. The molecule has 0 aliphatic heterocycles. The molecule has 0 atom stereocenters. The van der Waals surface area contributed by atoms with E-state index in [2.05, 4.69) is 116 Å². The van der Waals surface area contributed by atoms with Crippen LogP contribution in [0.5, 0.6) is 0 Å². The number of anilines is 1. The molecule has 4 aromatic rings. The van der Waals surface area contributed by atoms with Gasteiger partial charge in [0.2, 0.25) is 0 Å². The first-order chi connectivity index (χ1) is 14.3. The molecular weight excluding hydrogens is 496 g/mol. The Morgan fingerprint density at radius 3 is 1.70 bits per heavy atom. The summed E-state index contributed by atoms with van der Waals surface area (Å²) in [7, 11) is -0.916. The average Bonchev–Trinajstić information content (AvgIpc) is 2.79. The molecule has 4 rings (SSSR count). The highest BCUT2D eigenvalue weighted by Gasteiger charge is 2.24. The minimum Gasteiger partial charge on any atom is -1.00 e. The second-order valence-corrected chi connectivity index (χ2v) is 9.82. The minimum absolute atomic E-state index is 0. The summed E-state index contributed by atoms with van der Waals surface area (Å²) in [5.74, 6) is 0. The van der Waals surface area contributed by atoms with Crippen molar-refractivity contribution in [2.24, 2.45) is 0 Å². The second kappa shape index (κ2) is 10.9. The number of hydrogen-bond acceptors (Lipinski definition) is 1. The lowest BCUT2D eigenvalue weighted by molar-refractivity contribution is -0.00000569. The average molecular weight is 525 g/mol. The largest absolute Gasteiger partial charge is 1.00 e. The first-order valence-electron chi connectivity index (χ1n) is 10.5. The lowest BCUT2D eigenvalue weighted by atomic mass is 10.0. The minimum atomic E-state index is -0.916. The van der Waals surface area contributed by atoms with Crippen molar-refractivity contribution in [1.82, 2.24) is 0 Å². The Kier molecular flexibility index (Phi) is 8.30. The van der Waals surface area contributed by atoms with Crippen molar-refractivity contribution in [2.45, 2.75) is 20.0 Å². The van der Waals surface area contributed by atoms with E-state index < -0.39 is 7.92 Å². The monoisotopic (exact) mass is 525 g/mol. The molecule has 0 amide bonds. The molecule has 0 saturated heterocycles. The van der Waals surface area contributed by atoms with E-state index in [1.165, 1.54) is 32.6 Å². The van der Waals surface area contributed by atoms with Gasteiger partial charge in [-0.2, -0.15) is 0 Å². The zero-order valence-electron chi connectivity index (χ0n) is 17.7. The second-order valence-electron chi connectivity index (χ2n) is 7.35. The fourth-order valence-electron chi connectivity index (χ4n) is 4.21. The lowest BCUT2D eigenvalue weighted by Crippen LogP contribution is -3.00. The zero-order valence-corrected chi connectivity index (χ0v) is 20.8. The molecule has 154 valence electrons. The summed E-state index contributed by atoms with van der Waals surface area (Å²) in [5, 5.41) is 5.71. The summed E-state index contributed by atoms with van der Waals surface area (Å²) in [6.45, 7) is 6.54. The van der Waals surface area contributed by atoms with Gasteiger partial charge in [0.15, 0.2) is 0 Å². The first kappa shape index (κ1) is 22.8. The Balaban J connectivity index is 0.00000256. The van der Waals surface area contributed by atoms with Crippen LogP contribution in [-0.2, 0) is 6.16 Å². The van der Waals surface area contributed by atoms with Gasteiger partial charge in [-0.3, -0.25) is 0 Å². The van der Waals surface area contributed by atoms with E-state index in [9.17, 15) is 0 Å². The van der Waals surface area contributed by atoms with Crippen molar-refractivity contribution in [2.75, 3.05) is 18.0 Å². The van der Waals surface area contributed by atoms with Crippen molar-refractivity contribution in [1.29, 1.82) is 0 Å². The predicted molar refractivity (Wildman–Crippen MR) is 132 cm³/mol. The molecule has 30 heavy (non-hydrogen) atoms. The van der Waals surface area contributed by atoms with Crippen LogP contribution in [0.25, 0.3) is 10.8 Å². The van der Waals surface area contributed by atoms with Gasteiger partial charge < -0.3 is 28.9 Å². The molecule has 0 aliphatic carbocycles. The number of benzene rings is 4. The molecule has 0 aromatic heterocycles. The van der Waals surface area contributed by atoms with Gasteiger partial charge in [0.1, 0.15) is 0 Å². The highest BCUT2D eigenvalue weighted by Crippen LogP contribution is 2.41. The summed E-state index contributed by atoms with van der Waals surface area (Å²) in [6, 6.07) is 35.7. The van der Waals surface area contributed by atoms with Crippen molar-refractivity contribution < 1.29 is 24.0 Å². The van der Waals surface area contributed by atoms with Gasteiger partial charge in [0, 0.05) is 24.2 Å². The maximum absolute atomic E-state index is 2.48. The van der Waals surface area contributed by atoms with Crippen LogP contribution >= 0.6 is 7.92 Å². The first-order valence-corrected chi connectivity index (χ1v) is 12.2. The van der Waals surface area contributed by atoms with Crippen LogP contribution < -0.4 is 39.5 Å². The fourth-order valence-corrected chi connectivity index (χ4v) is 6.82. The topological polar surface area (TPSA) is 3.24 Å². The van der Waals surface area contributed by atoms with Crippen LogP contribution in [0.15, 0.2) is 97.1 Å². The summed E-state index contributed by atoms with van der Waals surface area (Å²) in [5.41, 5.74) is 2.83. The molecule has 3 heteroatoms. The van der Waals surface area contributed by atoms with Crippen molar-refractivity contribution >= 4 is 35.0 Å². The third-order valence-corrected chi connectivity index (χ3v) is 8.48. The third-order valence-electron chi connectivity index (χ3n) is 5.68. The van der Waals surface area contributed by atoms with Gasteiger partial charge in [0.05, 0.1) is 24.7 Å². The highest BCUT2D eigenvalue weighted by molar-refractivity contribution is 7.72. The van der Waals surface area contributed by atoms with Crippen molar-refractivity contribution in [3.05, 3.63) is 103 Å². The molecular formula is C27H29INP. The SMILES string of the molecule is CCN(CC)c1cccc2cccc(C[PH+](c3ccccc3)c3ccccc3)c12.[I-]. The predicted octanol–water partition coefficient (Wildman–Crippen LogP) is 3.06. The molecule has 1 nitrogen and oxygen atoms in total. The van der Waals surface area contributed by atoms with E-state index in [1.807, 2.05) is 0 Å². The van der Waals surface area contributed by atoms with E-state index in [4.69, 9.17) is 0 Å². The van der Waals surface area contributed by atoms with Gasteiger partial charge in [-0.1, -0.05) is 66.7 Å². The van der Waals surface area contributed by atoms with E-state index >= 15 is 0 Å². The third kappa shape index (κ3) is 4.87. The van der Waals surface area contributed by atoms with E-state index in [1.54, 1.807) is 0 Å². The molecule has 0 aliphatic rings. The van der Waals surface area contributed by atoms with Gasteiger partial charge in [-0.05, 0) is 55.1 Å². The molecule has 0 unspecified atom stereocenters. The number of hydrogen-bond donors (Lipinski definition) is 0. The molecule has 0 heterocycles. The fraction of sp³-hybridized carbons (Fsp3) is 0.185. The van der Waals surface area contributed by atoms with E-state index in [0.717, 1.165) is 19.3 Å². The van der Waals surface area contributed by atoms with Crippen LogP contribution in [0.2, 0.25) is 0 Å². The number of halogens is 1. The maximum atomic E-state index is 2.48. The van der Waals surface area contributed by atoms with Gasteiger partial charge in [0.25, 0.3) is 0 Å². The number of rotatable bonds is 7. The van der Waals surface area contributed by atoms with Gasteiger partial charge in [-0.15, -0.1) is 0 Å². The van der Waals surface area contributed by atoms with Gasteiger partial charge in [-0.25, -0.2) is 0 Å². The quantitative estimate of drug-likeness (QED) is 0.265. The molecule has 0 fully saturated rings. The molecule has 4 aromatic carbocycles. The summed E-state index contributed by atoms with van der Waals surface area (Å²) >= 11 is 0. The van der Waals surface area contributed by atoms with Crippen LogP contribution in [0, 0.1) is 0 Å². The maximum Gasteiger partial charge on any atom is 0.0970 e. The highest BCUT2D eigenvalue weighted by atomic mass is 127. The zero-order chi connectivity index (χ0) is 20.1. The standard InChI is InChI=1S/C27H28NP.HI/c1-3-28(4-2)26-20-12-14-22-13-11-15-23(27(22)26)21-29(24-16-7-5-8-17-24)25-18-9-6-10-19-25;/h5-20H,3-4,21H2,1-2H3;1H.